The van der Waals surface area contributed by atoms with E-state index in [0.717, 1.165) is 18.3 Å². The minimum absolute atomic E-state index is 0.0231. The molecule has 2 atom stereocenters. The molecule has 4 heterocycles. The highest BCUT2D eigenvalue weighted by Gasteiger charge is 2.27. The van der Waals surface area contributed by atoms with Crippen LogP contribution >= 0.6 is 31.9 Å². The Morgan fingerprint density at radius 1 is 0.477 bits per heavy atom. The fourth-order valence-electron chi connectivity index (χ4n) is 7.23. The molecule has 10 rings (SSSR count). The van der Waals surface area contributed by atoms with Gasteiger partial charge < -0.3 is 33.0 Å². The molecule has 0 bridgehead atoms. The van der Waals surface area contributed by atoms with Crippen LogP contribution in [0, 0.1) is 0 Å². The number of benzene rings is 6. The summed E-state index contributed by atoms with van der Waals surface area (Å²) in [5.74, 6) is -1.44. The van der Waals surface area contributed by atoms with Crippen molar-refractivity contribution in [3.8, 4) is 34.4 Å². The molecule has 17 heteroatoms. The predicted octanol–water partition coefficient (Wildman–Crippen LogP) is 10.2. The van der Waals surface area contributed by atoms with Gasteiger partial charge in [-0.25, -0.2) is 19.2 Å². The Morgan fingerprint density at radius 3 is 1.34 bits per heavy atom. The van der Waals surface area contributed by atoms with Gasteiger partial charge >= 0.3 is 22.8 Å². The lowest BCUT2D eigenvalue weighted by molar-refractivity contribution is 0.457. The maximum Gasteiger partial charge on any atom is 0.439 e. The Kier molecular flexibility index (Phi) is 10.9. The van der Waals surface area contributed by atoms with Gasteiger partial charge in [0.25, 0.3) is 11.8 Å². The van der Waals surface area contributed by atoms with Crippen molar-refractivity contribution in [2.45, 2.75) is 12.3 Å². The zero-order valence-corrected chi connectivity index (χ0v) is 36.6. The standard InChI is InChI=1S/C48H30Br2N6O9/c49-31-15-9-13-29(23-31)41(55-47(59)64-43(53-55)33-25-27-11-1-5-19-37(27)62-45(33)57)51-35-17-3-7-21-39(35)61-40-22-8-4-18-36(40)52-42(30-14-10-16-32(50)24-30)56-48(60)65-44(54-56)34-26-28-12-2-6-20-38(28)63-46(34)58/h1-26,41-42,51-52H. The molecule has 2 N–H and O–H groups in total. The molecule has 0 aliphatic rings. The van der Waals surface area contributed by atoms with Crippen molar-refractivity contribution < 1.29 is 22.4 Å². The molecule has 0 aliphatic heterocycles. The van der Waals surface area contributed by atoms with Gasteiger partial charge in [-0.3, -0.25) is 0 Å². The third-order valence-electron chi connectivity index (χ3n) is 10.3. The molecule has 15 nitrogen and oxygen atoms in total. The number of nitrogens with zero attached hydrogens (tertiary/aromatic N) is 4. The zero-order chi connectivity index (χ0) is 44.6. The third-order valence-corrected chi connectivity index (χ3v) is 11.3. The van der Waals surface area contributed by atoms with Gasteiger partial charge in [-0.2, -0.15) is 9.36 Å². The van der Waals surface area contributed by atoms with Crippen LogP contribution in [-0.4, -0.2) is 19.6 Å². The average molecular weight is 995 g/mol. The summed E-state index contributed by atoms with van der Waals surface area (Å²) < 4.78 is 32.5. The molecule has 4 aromatic heterocycles. The number of rotatable bonds is 12. The van der Waals surface area contributed by atoms with Gasteiger partial charge in [-0.1, -0.05) is 117 Å². The Hall–Kier alpha value is -8.02. The molecule has 0 radical (unpaired) electrons. The summed E-state index contributed by atoms with van der Waals surface area (Å²) in [7, 11) is 0. The van der Waals surface area contributed by atoms with Crippen LogP contribution in [0.3, 0.4) is 0 Å². The van der Waals surface area contributed by atoms with Gasteiger partial charge in [0.15, 0.2) is 23.8 Å². The fourth-order valence-corrected chi connectivity index (χ4v) is 8.06. The number of halogens is 2. The minimum Gasteiger partial charge on any atom is -0.453 e. The lowest BCUT2D eigenvalue weighted by Crippen LogP contribution is -2.29. The first-order valence-corrected chi connectivity index (χ1v) is 21.4. The van der Waals surface area contributed by atoms with E-state index in [4.69, 9.17) is 22.4 Å². The highest BCUT2D eigenvalue weighted by atomic mass is 79.9. The highest BCUT2D eigenvalue weighted by Crippen LogP contribution is 2.38. The topological polar surface area (TPSA) is 190 Å². The first-order chi connectivity index (χ1) is 31.6. The predicted molar refractivity (Wildman–Crippen MR) is 249 cm³/mol. The summed E-state index contributed by atoms with van der Waals surface area (Å²) in [5.41, 5.74) is 1.39. The molecule has 6 aromatic carbocycles. The maximum atomic E-state index is 13.7. The molecule has 0 saturated heterocycles. The van der Waals surface area contributed by atoms with Crippen LogP contribution < -0.4 is 38.1 Å². The number of ether oxygens (including phenoxy) is 1. The van der Waals surface area contributed by atoms with Crippen molar-refractivity contribution >= 4 is 65.2 Å². The van der Waals surface area contributed by atoms with E-state index in [1.54, 1.807) is 109 Å². The number of hydrogen-bond acceptors (Lipinski definition) is 13. The van der Waals surface area contributed by atoms with Gasteiger partial charge in [0.05, 0.1) is 11.4 Å². The Balaban J connectivity index is 1.00. The highest BCUT2D eigenvalue weighted by molar-refractivity contribution is 9.10. The first-order valence-electron chi connectivity index (χ1n) is 19.8. The van der Waals surface area contributed by atoms with Gasteiger partial charge in [0.2, 0.25) is 0 Å². The van der Waals surface area contributed by atoms with Crippen LogP contribution in [0.4, 0.5) is 11.4 Å². The van der Waals surface area contributed by atoms with Crippen LogP contribution in [0.5, 0.6) is 11.5 Å². The molecule has 0 saturated carbocycles. The molecular weight excluding hydrogens is 964 g/mol. The van der Waals surface area contributed by atoms with Gasteiger partial charge in [0, 0.05) is 19.7 Å². The Morgan fingerprint density at radius 2 is 0.892 bits per heavy atom. The maximum absolute atomic E-state index is 13.7. The largest absolute Gasteiger partial charge is 0.453 e. The van der Waals surface area contributed by atoms with E-state index in [1.807, 2.05) is 48.5 Å². The normalized spacial score (nSPS) is 12.3. The van der Waals surface area contributed by atoms with Crippen molar-refractivity contribution in [3.05, 3.63) is 220 Å². The van der Waals surface area contributed by atoms with Gasteiger partial charge in [-0.15, -0.1) is 10.2 Å². The summed E-state index contributed by atoms with van der Waals surface area (Å²) in [5, 5.41) is 17.1. The molecule has 2 unspecified atom stereocenters. The monoisotopic (exact) mass is 992 g/mol. The van der Waals surface area contributed by atoms with Crippen LogP contribution in [-0.2, 0) is 0 Å². The van der Waals surface area contributed by atoms with Crippen molar-refractivity contribution in [1.82, 2.24) is 19.6 Å². The quantitative estimate of drug-likeness (QED) is 0.110. The van der Waals surface area contributed by atoms with Crippen LogP contribution in [0.1, 0.15) is 23.5 Å². The summed E-state index contributed by atoms with van der Waals surface area (Å²) in [6.45, 7) is 0. The zero-order valence-electron chi connectivity index (χ0n) is 33.4. The lowest BCUT2D eigenvalue weighted by Gasteiger charge is -2.23. The van der Waals surface area contributed by atoms with Crippen molar-refractivity contribution in [2.75, 3.05) is 10.6 Å². The number of para-hydroxylation sites is 6. The van der Waals surface area contributed by atoms with E-state index >= 15 is 0 Å². The van der Waals surface area contributed by atoms with Crippen molar-refractivity contribution in [2.24, 2.45) is 0 Å². The second kappa shape index (κ2) is 17.3. The summed E-state index contributed by atoms with van der Waals surface area (Å²) in [6.07, 6.45) is -1.97. The molecule has 0 fully saturated rings. The summed E-state index contributed by atoms with van der Waals surface area (Å²) >= 11 is 7.08. The van der Waals surface area contributed by atoms with E-state index in [9.17, 15) is 19.2 Å². The first kappa shape index (κ1) is 41.0. The molecular formula is C48H30Br2N6O9. The molecule has 10 aromatic rings. The summed E-state index contributed by atoms with van der Waals surface area (Å²) in [6, 6.07) is 45.8. The van der Waals surface area contributed by atoms with E-state index in [1.165, 1.54) is 0 Å². The lowest BCUT2D eigenvalue weighted by atomic mass is 10.1. The second-order valence-electron chi connectivity index (χ2n) is 14.5. The molecule has 0 amide bonds. The summed E-state index contributed by atoms with van der Waals surface area (Å²) in [4.78, 5) is 53.5. The molecule has 0 spiro atoms. The molecule has 0 aliphatic carbocycles. The molecule has 320 valence electrons. The number of hydrogen-bond donors (Lipinski definition) is 2. The number of anilines is 2. The van der Waals surface area contributed by atoms with Crippen molar-refractivity contribution in [3.63, 3.8) is 0 Å². The number of fused-ring (bicyclic) bond motifs is 2. The van der Waals surface area contributed by atoms with Crippen LogP contribution in [0.15, 0.2) is 204 Å². The third kappa shape index (κ3) is 8.32. The van der Waals surface area contributed by atoms with Gasteiger partial charge in [0.1, 0.15) is 22.3 Å². The smallest absolute Gasteiger partial charge is 0.439 e. The molecule has 65 heavy (non-hydrogen) atoms. The second-order valence-corrected chi connectivity index (χ2v) is 16.3. The fraction of sp³-hybridized carbons (Fsp3) is 0.0417. The van der Waals surface area contributed by atoms with Crippen LogP contribution in [0.25, 0.3) is 44.8 Å². The SMILES string of the molecule is O=c1oc2ccccc2cc1-c1nn(C(Nc2ccccc2Oc2ccccc2NC(c2cccc(Br)c2)n2nc(-c3cc4ccccc4oc3=O)oc2=O)c2cccc(Br)c2)c(=O)o1. The Labute approximate surface area is 382 Å². The van der Waals surface area contributed by atoms with E-state index in [0.29, 0.717) is 55.9 Å². The Bertz CT molecular complexity index is 3430. The van der Waals surface area contributed by atoms with E-state index in [2.05, 4.69) is 52.7 Å². The number of nitrogens with one attached hydrogen (secondary N) is 2. The minimum atomic E-state index is -0.984. The average Bonchev–Trinajstić information content (AvgIpc) is 3.89. The van der Waals surface area contributed by atoms with Gasteiger partial charge in [-0.05, 0) is 83.9 Å². The van der Waals surface area contributed by atoms with Crippen molar-refractivity contribution in [1.29, 1.82) is 0 Å². The number of aromatic nitrogens is 4. The van der Waals surface area contributed by atoms with Crippen LogP contribution in [0.2, 0.25) is 0 Å². The van der Waals surface area contributed by atoms with E-state index in [-0.39, 0.29) is 22.9 Å². The van der Waals surface area contributed by atoms with E-state index < -0.39 is 35.1 Å².